The van der Waals surface area contributed by atoms with Crippen molar-refractivity contribution >= 4 is 46.4 Å². The molecule has 15 nitrogen and oxygen atoms in total. The second-order valence-corrected chi connectivity index (χ2v) is 16.3. The molecule has 1 aliphatic carbocycles. The highest BCUT2D eigenvalue weighted by molar-refractivity contribution is 5.96. The van der Waals surface area contributed by atoms with Crippen molar-refractivity contribution in [2.24, 2.45) is 22.4 Å². The predicted molar refractivity (Wildman–Crippen MR) is 228 cm³/mol. The number of nitrogens with one attached hydrogen (secondary N) is 6. The van der Waals surface area contributed by atoms with Gasteiger partial charge in [-0.25, -0.2) is 0 Å². The van der Waals surface area contributed by atoms with Crippen LogP contribution in [-0.4, -0.2) is 102 Å². The number of aromatic nitrogens is 1. The Kier molecular flexibility index (Phi) is 15.7. The van der Waals surface area contributed by atoms with Crippen LogP contribution in [0.25, 0.3) is 10.9 Å². The van der Waals surface area contributed by atoms with Gasteiger partial charge in [0.2, 0.25) is 29.5 Å². The highest BCUT2D eigenvalue weighted by Crippen LogP contribution is 2.28. The van der Waals surface area contributed by atoms with E-state index < -0.39 is 42.0 Å². The molecule has 2 aliphatic heterocycles. The molecule has 59 heavy (non-hydrogen) atoms. The Morgan fingerprint density at radius 1 is 0.763 bits per heavy atom. The summed E-state index contributed by atoms with van der Waals surface area (Å²) in [5.74, 6) is -1.76. The van der Waals surface area contributed by atoms with Crippen LogP contribution in [0, 0.1) is 5.92 Å². The van der Waals surface area contributed by atoms with Gasteiger partial charge in [-0.1, -0.05) is 80.6 Å². The van der Waals surface area contributed by atoms with E-state index in [9.17, 15) is 24.0 Å². The predicted octanol–water partition coefficient (Wildman–Crippen LogP) is 2.29. The van der Waals surface area contributed by atoms with Crippen LogP contribution in [0.3, 0.4) is 0 Å². The molecular formula is C44H62N10O5. The molecule has 3 fully saturated rings. The highest BCUT2D eigenvalue weighted by atomic mass is 16.2. The summed E-state index contributed by atoms with van der Waals surface area (Å²) in [5, 5.41) is 16.4. The van der Waals surface area contributed by atoms with Crippen LogP contribution in [-0.2, 0) is 36.8 Å². The van der Waals surface area contributed by atoms with E-state index in [1.54, 1.807) is 4.90 Å². The Hall–Kier alpha value is -5.44. The van der Waals surface area contributed by atoms with Gasteiger partial charge in [-0.3, -0.25) is 29.0 Å². The van der Waals surface area contributed by atoms with Gasteiger partial charge in [0.15, 0.2) is 5.96 Å². The van der Waals surface area contributed by atoms with E-state index in [4.69, 9.17) is 11.5 Å². The molecule has 5 amide bonds. The van der Waals surface area contributed by atoms with E-state index in [0.717, 1.165) is 54.1 Å². The van der Waals surface area contributed by atoms with Crippen molar-refractivity contribution in [2.75, 3.05) is 26.2 Å². The lowest BCUT2D eigenvalue weighted by molar-refractivity contribution is -0.141. The first kappa shape index (κ1) is 43.1. The van der Waals surface area contributed by atoms with E-state index in [1.807, 2.05) is 60.8 Å². The van der Waals surface area contributed by atoms with Gasteiger partial charge in [0.05, 0.1) is 6.04 Å². The summed E-state index contributed by atoms with van der Waals surface area (Å²) < 4.78 is 0. The molecule has 6 rings (SSSR count). The topological polar surface area (TPSA) is 229 Å². The second-order valence-electron chi connectivity index (χ2n) is 16.3. The van der Waals surface area contributed by atoms with Crippen molar-refractivity contribution in [2.45, 2.75) is 120 Å². The number of nitrogens with two attached hydrogens (primary N) is 2. The van der Waals surface area contributed by atoms with Crippen molar-refractivity contribution in [3.05, 3.63) is 71.9 Å². The molecule has 15 heteroatoms. The number of amides is 5. The molecular weight excluding hydrogens is 749 g/mol. The first-order valence-corrected chi connectivity index (χ1v) is 21.5. The number of fused-ring (bicyclic) bond motifs is 2. The zero-order chi connectivity index (χ0) is 41.6. The normalized spacial score (nSPS) is 24.3. The Morgan fingerprint density at radius 2 is 1.49 bits per heavy atom. The van der Waals surface area contributed by atoms with E-state index in [1.165, 1.54) is 0 Å². The number of aromatic amines is 1. The average molecular weight is 811 g/mol. The van der Waals surface area contributed by atoms with Crippen LogP contribution in [0.4, 0.5) is 0 Å². The van der Waals surface area contributed by atoms with Gasteiger partial charge in [-0.2, -0.15) is 0 Å². The van der Waals surface area contributed by atoms with Crippen molar-refractivity contribution in [1.82, 2.24) is 36.5 Å². The third-order valence-electron chi connectivity index (χ3n) is 12.0. The minimum Gasteiger partial charge on any atom is -0.370 e. The standard InChI is InChI=1S/C44H62N10O5/c45-44(46)49-23-9-18-34-39(55)48-22-10-19-35(47-24-21-29-12-3-1-4-13-29)43(59)54-25-11-20-38(54)42(58)53-36(26-30-14-5-2-6-15-30)40(56)52-37(41(57)51-34)27-31-28-50-33-17-8-7-16-32(31)33/h1,3-4,7-8,12-13,16-17,28,30,34-38,47,50H,2,5-6,9-11,14-15,18-27H2,(H,48,55)(H,51,57)(H,52,56)(H,53,58)(H4,45,46,49)/t34-,35-,36-,37-,38-/m0/s1. The molecule has 2 aromatic carbocycles. The summed E-state index contributed by atoms with van der Waals surface area (Å²) in [5.41, 5.74) is 13.9. The zero-order valence-corrected chi connectivity index (χ0v) is 34.1. The molecule has 0 bridgehead atoms. The molecule has 5 atom stereocenters. The van der Waals surface area contributed by atoms with Gasteiger partial charge in [-0.05, 0) is 81.0 Å². The van der Waals surface area contributed by atoms with Crippen molar-refractivity contribution in [1.29, 1.82) is 0 Å². The molecule has 1 saturated carbocycles. The van der Waals surface area contributed by atoms with Crippen LogP contribution in [0.5, 0.6) is 0 Å². The smallest absolute Gasteiger partial charge is 0.243 e. The lowest BCUT2D eigenvalue weighted by Crippen LogP contribution is -2.59. The van der Waals surface area contributed by atoms with Gasteiger partial charge >= 0.3 is 0 Å². The van der Waals surface area contributed by atoms with E-state index >= 15 is 0 Å². The number of guanidine groups is 1. The number of hydrogen-bond donors (Lipinski definition) is 8. The maximum Gasteiger partial charge on any atom is 0.243 e. The SMILES string of the molecule is NC(N)=NCCC[C@@H]1NC(=O)[C@H](Cc2c[nH]c3ccccc23)NC(=O)[C@H](CC2CCCCC2)NC(=O)[C@@H]2CCCN2C(=O)[C@@H](NCCc2ccccc2)CCCNC1=O. The Bertz CT molecular complexity index is 1910. The third-order valence-corrected chi connectivity index (χ3v) is 12.0. The van der Waals surface area contributed by atoms with Gasteiger partial charge in [0.25, 0.3) is 0 Å². The summed E-state index contributed by atoms with van der Waals surface area (Å²) in [6, 6.07) is 13.4. The number of carbonyl (C=O) groups is 5. The number of carbonyl (C=O) groups excluding carboxylic acids is 5. The van der Waals surface area contributed by atoms with Crippen molar-refractivity contribution in [3.8, 4) is 0 Å². The first-order chi connectivity index (χ1) is 28.7. The molecule has 318 valence electrons. The highest BCUT2D eigenvalue weighted by Gasteiger charge is 2.39. The fourth-order valence-corrected chi connectivity index (χ4v) is 8.79. The lowest BCUT2D eigenvalue weighted by atomic mass is 9.84. The first-order valence-electron chi connectivity index (χ1n) is 21.5. The average Bonchev–Trinajstić information content (AvgIpc) is 3.90. The van der Waals surface area contributed by atoms with Gasteiger partial charge in [0.1, 0.15) is 24.2 Å². The molecule has 2 saturated heterocycles. The number of hydrogen-bond acceptors (Lipinski definition) is 7. The second kappa shape index (κ2) is 21.5. The summed E-state index contributed by atoms with van der Waals surface area (Å²) in [4.78, 5) is 80.3. The van der Waals surface area contributed by atoms with Crippen LogP contribution in [0.1, 0.15) is 88.2 Å². The maximum absolute atomic E-state index is 14.5. The number of para-hydroxylation sites is 1. The summed E-state index contributed by atoms with van der Waals surface area (Å²) in [7, 11) is 0. The van der Waals surface area contributed by atoms with Gasteiger partial charge in [-0.15, -0.1) is 0 Å². The summed E-state index contributed by atoms with van der Waals surface area (Å²) >= 11 is 0. The number of H-pyrrole nitrogens is 1. The minimum absolute atomic E-state index is 0.0682. The Balaban J connectivity index is 1.29. The quantitative estimate of drug-likeness (QED) is 0.0768. The number of benzene rings is 2. The molecule has 3 heterocycles. The monoisotopic (exact) mass is 810 g/mol. The minimum atomic E-state index is -1.08. The van der Waals surface area contributed by atoms with E-state index in [0.29, 0.717) is 58.0 Å². The fraction of sp³-hybridized carbons (Fsp3) is 0.545. The third kappa shape index (κ3) is 12.3. The molecule has 0 spiro atoms. The van der Waals surface area contributed by atoms with Gasteiger partial charge in [0, 0.05) is 43.2 Å². The number of aliphatic imine (C=N–C) groups is 1. The van der Waals surface area contributed by atoms with Crippen LogP contribution >= 0.6 is 0 Å². The molecule has 3 aliphatic rings. The van der Waals surface area contributed by atoms with Crippen LogP contribution in [0.2, 0.25) is 0 Å². The molecule has 0 radical (unpaired) electrons. The summed E-state index contributed by atoms with van der Waals surface area (Å²) in [6.07, 6.45) is 10.9. The number of nitrogens with zero attached hydrogens (tertiary/aromatic N) is 2. The maximum atomic E-state index is 14.5. The lowest BCUT2D eigenvalue weighted by Gasteiger charge is -2.32. The Labute approximate surface area is 346 Å². The fourth-order valence-electron chi connectivity index (χ4n) is 8.79. The van der Waals surface area contributed by atoms with Crippen LogP contribution < -0.4 is 38.1 Å². The number of rotatable bonds is 12. The molecule has 1 aromatic heterocycles. The zero-order valence-electron chi connectivity index (χ0n) is 34.1. The molecule has 10 N–H and O–H groups in total. The van der Waals surface area contributed by atoms with Crippen molar-refractivity contribution in [3.63, 3.8) is 0 Å². The van der Waals surface area contributed by atoms with Crippen LogP contribution in [0.15, 0.2) is 65.8 Å². The van der Waals surface area contributed by atoms with E-state index in [2.05, 4.69) is 36.6 Å². The molecule has 3 aromatic rings. The van der Waals surface area contributed by atoms with Crippen molar-refractivity contribution < 1.29 is 24.0 Å². The van der Waals surface area contributed by atoms with Gasteiger partial charge < -0.3 is 47.9 Å². The molecule has 0 unspecified atom stereocenters. The van der Waals surface area contributed by atoms with E-state index in [-0.39, 0.29) is 55.5 Å². The summed E-state index contributed by atoms with van der Waals surface area (Å²) in [6.45, 7) is 1.49. The Morgan fingerprint density at radius 3 is 2.29 bits per heavy atom. The largest absolute Gasteiger partial charge is 0.370 e.